The first-order valence-electron chi connectivity index (χ1n) is 9.01. The third kappa shape index (κ3) is 7.34. The van der Waals surface area contributed by atoms with Crippen molar-refractivity contribution in [3.05, 3.63) is 63.7 Å². The Bertz CT molecular complexity index is 598. The summed E-state index contributed by atoms with van der Waals surface area (Å²) in [7, 11) is 1.68. The van der Waals surface area contributed by atoms with Gasteiger partial charge in [0.1, 0.15) is 5.75 Å². The molecule has 2 aromatic rings. The first-order valence-corrected chi connectivity index (χ1v) is 10.1. The van der Waals surface area contributed by atoms with Crippen molar-refractivity contribution >= 4 is 22.6 Å². The predicted octanol–water partition coefficient (Wildman–Crippen LogP) is 4.56. The number of methoxy groups -OCH3 is 1. The largest absolute Gasteiger partial charge is 0.496 e. The maximum Gasteiger partial charge on any atom is 0.132 e. The molecule has 0 aromatic heterocycles. The van der Waals surface area contributed by atoms with Gasteiger partial charge in [-0.2, -0.15) is 0 Å². The molecule has 1 N–H and O–H groups in total. The molecule has 1 fully saturated rings. The van der Waals surface area contributed by atoms with E-state index in [1.807, 2.05) is 24.3 Å². The summed E-state index contributed by atoms with van der Waals surface area (Å²) in [6, 6.07) is 19.4. The van der Waals surface area contributed by atoms with Crippen LogP contribution in [0.4, 0.5) is 0 Å². The third-order valence-corrected chi connectivity index (χ3v) is 5.28. The first kappa shape index (κ1) is 20.2. The van der Waals surface area contributed by atoms with Gasteiger partial charge < -0.3 is 10.1 Å². The van der Waals surface area contributed by atoms with Gasteiger partial charge in [0.25, 0.3) is 0 Å². The molecule has 3 nitrogen and oxygen atoms in total. The van der Waals surface area contributed by atoms with Gasteiger partial charge >= 0.3 is 0 Å². The Labute approximate surface area is 165 Å². The fourth-order valence-electron chi connectivity index (χ4n) is 3.04. The minimum atomic E-state index is 0.747. The number of rotatable bonds is 5. The summed E-state index contributed by atoms with van der Waals surface area (Å²) in [5, 5.41) is 3.54. The van der Waals surface area contributed by atoms with Crippen molar-refractivity contribution in [2.75, 3.05) is 26.7 Å². The molecule has 0 radical (unpaired) electrons. The number of ether oxygens (including phenoxy) is 1. The molecule has 0 aliphatic carbocycles. The number of hydrogen-bond acceptors (Lipinski definition) is 3. The zero-order chi connectivity index (χ0) is 17.9. The van der Waals surface area contributed by atoms with Gasteiger partial charge in [-0.1, -0.05) is 49.4 Å². The Kier molecular flexibility index (Phi) is 9.29. The van der Waals surface area contributed by atoms with Gasteiger partial charge in [-0.05, 0) is 72.8 Å². The van der Waals surface area contributed by atoms with Gasteiger partial charge in [0.05, 0.1) is 10.7 Å². The number of nitrogens with one attached hydrogen (secondary N) is 1. The summed E-state index contributed by atoms with van der Waals surface area (Å²) in [6.07, 6.45) is 2.58. The lowest BCUT2D eigenvalue weighted by Gasteiger charge is -2.32. The van der Waals surface area contributed by atoms with Gasteiger partial charge in [-0.15, -0.1) is 0 Å². The van der Waals surface area contributed by atoms with Crippen LogP contribution in [0.5, 0.6) is 5.75 Å². The molecule has 0 saturated carbocycles. The molecule has 25 heavy (non-hydrogen) atoms. The highest BCUT2D eigenvalue weighted by atomic mass is 127. The highest BCUT2D eigenvalue weighted by Crippen LogP contribution is 2.18. The predicted molar refractivity (Wildman–Crippen MR) is 114 cm³/mol. The van der Waals surface area contributed by atoms with Crippen molar-refractivity contribution in [3.63, 3.8) is 0 Å². The number of benzene rings is 2. The van der Waals surface area contributed by atoms with E-state index in [0.717, 1.165) is 28.5 Å². The lowest BCUT2D eigenvalue weighted by molar-refractivity contribution is 0.192. The van der Waals surface area contributed by atoms with Crippen LogP contribution in [0, 0.1) is 3.57 Å². The molecule has 1 aliphatic heterocycles. The standard InChI is InChI=1S/C14H22N2.C7H7IO/c1-2-15-14-8-10-16(11-9-14)12-13-6-4-3-5-7-13;1-9-7-5-3-2-4-6(7)8/h3-7,14-15H,2,8-12H2,1H3;2-5H,1H3. The van der Waals surface area contributed by atoms with Crippen LogP contribution >= 0.6 is 22.6 Å². The minimum Gasteiger partial charge on any atom is -0.496 e. The molecule has 0 spiro atoms. The number of piperidine rings is 1. The Balaban J connectivity index is 0.000000212. The molecule has 136 valence electrons. The van der Waals surface area contributed by atoms with E-state index in [0.29, 0.717) is 0 Å². The summed E-state index contributed by atoms with van der Waals surface area (Å²) in [4.78, 5) is 2.56. The van der Waals surface area contributed by atoms with Crippen molar-refractivity contribution in [1.29, 1.82) is 0 Å². The number of likely N-dealkylation sites (tertiary alicyclic amines) is 1. The fourth-order valence-corrected chi connectivity index (χ4v) is 3.64. The first-order chi connectivity index (χ1) is 12.2. The van der Waals surface area contributed by atoms with E-state index in [2.05, 4.69) is 70.1 Å². The van der Waals surface area contributed by atoms with E-state index in [9.17, 15) is 0 Å². The fraction of sp³-hybridized carbons (Fsp3) is 0.429. The van der Waals surface area contributed by atoms with E-state index in [-0.39, 0.29) is 0 Å². The Morgan fingerprint density at radius 3 is 2.24 bits per heavy atom. The molecule has 0 atom stereocenters. The molecule has 2 aromatic carbocycles. The van der Waals surface area contributed by atoms with Gasteiger partial charge in [0, 0.05) is 12.6 Å². The van der Waals surface area contributed by atoms with Crippen LogP contribution in [-0.2, 0) is 6.54 Å². The van der Waals surface area contributed by atoms with Crippen LogP contribution in [-0.4, -0.2) is 37.7 Å². The van der Waals surface area contributed by atoms with Crippen LogP contribution in [0.2, 0.25) is 0 Å². The van der Waals surface area contributed by atoms with E-state index in [1.165, 1.54) is 31.5 Å². The highest BCUT2D eigenvalue weighted by molar-refractivity contribution is 14.1. The Hall–Kier alpha value is -1.11. The second kappa shape index (κ2) is 11.5. The molecule has 0 bridgehead atoms. The van der Waals surface area contributed by atoms with Crippen molar-refractivity contribution in [2.24, 2.45) is 0 Å². The Morgan fingerprint density at radius 2 is 1.68 bits per heavy atom. The average Bonchev–Trinajstić information content (AvgIpc) is 2.65. The van der Waals surface area contributed by atoms with E-state index < -0.39 is 0 Å². The zero-order valence-corrected chi connectivity index (χ0v) is 17.4. The topological polar surface area (TPSA) is 24.5 Å². The molecular weight excluding hydrogens is 423 g/mol. The number of hydrogen-bond donors (Lipinski definition) is 1. The van der Waals surface area contributed by atoms with Crippen molar-refractivity contribution < 1.29 is 4.74 Å². The minimum absolute atomic E-state index is 0.747. The van der Waals surface area contributed by atoms with Crippen molar-refractivity contribution in [3.8, 4) is 5.75 Å². The number of halogens is 1. The summed E-state index contributed by atoms with van der Waals surface area (Å²) in [5.74, 6) is 0.943. The van der Waals surface area contributed by atoms with Crippen LogP contribution < -0.4 is 10.1 Å². The zero-order valence-electron chi connectivity index (χ0n) is 15.2. The smallest absolute Gasteiger partial charge is 0.132 e. The van der Waals surface area contributed by atoms with Crippen LogP contribution in [0.25, 0.3) is 0 Å². The highest BCUT2D eigenvalue weighted by Gasteiger charge is 2.17. The average molecular weight is 452 g/mol. The summed E-state index contributed by atoms with van der Waals surface area (Å²) in [6.45, 7) is 6.86. The van der Waals surface area contributed by atoms with Crippen LogP contribution in [0.15, 0.2) is 54.6 Å². The van der Waals surface area contributed by atoms with Gasteiger partial charge in [0.15, 0.2) is 0 Å². The van der Waals surface area contributed by atoms with Gasteiger partial charge in [0.2, 0.25) is 0 Å². The van der Waals surface area contributed by atoms with Gasteiger partial charge in [-0.3, -0.25) is 4.90 Å². The molecule has 0 unspecified atom stereocenters. The second-order valence-electron chi connectivity index (χ2n) is 6.23. The molecule has 0 amide bonds. The number of nitrogens with zero attached hydrogens (tertiary/aromatic N) is 1. The maximum absolute atomic E-state index is 5.04. The lowest BCUT2D eigenvalue weighted by Crippen LogP contribution is -2.42. The van der Waals surface area contributed by atoms with Crippen molar-refractivity contribution in [2.45, 2.75) is 32.4 Å². The van der Waals surface area contributed by atoms with Gasteiger partial charge in [-0.25, -0.2) is 0 Å². The van der Waals surface area contributed by atoms with E-state index in [1.54, 1.807) is 7.11 Å². The monoisotopic (exact) mass is 452 g/mol. The molecule has 3 rings (SSSR count). The van der Waals surface area contributed by atoms with E-state index in [4.69, 9.17) is 4.74 Å². The van der Waals surface area contributed by atoms with Crippen molar-refractivity contribution in [1.82, 2.24) is 10.2 Å². The molecule has 1 heterocycles. The molecule has 1 saturated heterocycles. The molecule has 4 heteroatoms. The Morgan fingerprint density at radius 1 is 1.04 bits per heavy atom. The summed E-state index contributed by atoms with van der Waals surface area (Å²) in [5.41, 5.74) is 1.43. The molecule has 1 aliphatic rings. The summed E-state index contributed by atoms with van der Waals surface area (Å²) < 4.78 is 6.19. The SMILES string of the molecule is CCNC1CCN(Cc2ccccc2)CC1.COc1ccccc1I. The maximum atomic E-state index is 5.04. The third-order valence-electron chi connectivity index (χ3n) is 4.39. The second-order valence-corrected chi connectivity index (χ2v) is 7.39. The normalized spacial score (nSPS) is 15.3. The van der Waals surface area contributed by atoms with E-state index >= 15 is 0 Å². The van der Waals surface area contributed by atoms with Crippen LogP contribution in [0.3, 0.4) is 0 Å². The molecular formula is C21H29IN2O. The summed E-state index contributed by atoms with van der Waals surface area (Å²) >= 11 is 2.24. The quantitative estimate of drug-likeness (QED) is 0.674. The lowest BCUT2D eigenvalue weighted by atomic mass is 10.0. The number of para-hydroxylation sites is 1. The van der Waals surface area contributed by atoms with Crippen LogP contribution in [0.1, 0.15) is 25.3 Å².